The summed E-state index contributed by atoms with van der Waals surface area (Å²) in [4.78, 5) is 2.34. The predicted molar refractivity (Wildman–Crippen MR) is 82.9 cm³/mol. The minimum absolute atomic E-state index is 0.605. The first-order valence-corrected chi connectivity index (χ1v) is 7.05. The van der Waals surface area contributed by atoms with E-state index in [1.54, 1.807) is 0 Å². The Morgan fingerprint density at radius 2 is 2.11 bits per heavy atom. The van der Waals surface area contributed by atoms with Crippen molar-refractivity contribution in [1.29, 1.82) is 0 Å². The number of nitrogens with zero attached hydrogens (tertiary/aromatic N) is 1. The Morgan fingerprint density at radius 3 is 2.74 bits per heavy atom. The number of nitrogens with two attached hydrogens (primary N) is 1. The van der Waals surface area contributed by atoms with E-state index in [0.717, 1.165) is 24.5 Å². The first-order valence-electron chi connectivity index (χ1n) is 7.05. The molecule has 0 saturated carbocycles. The molecule has 0 aliphatic carbocycles. The van der Waals surface area contributed by atoms with Crippen molar-refractivity contribution in [2.45, 2.75) is 33.2 Å². The predicted octanol–water partition coefficient (Wildman–Crippen LogP) is 2.81. The van der Waals surface area contributed by atoms with Crippen molar-refractivity contribution < 1.29 is 4.74 Å². The van der Waals surface area contributed by atoms with Gasteiger partial charge in [0.05, 0.1) is 18.0 Å². The SMILES string of the molecule is CCOc1cccc(NCCN(C)C(C)CC)c1N. The molecule has 4 nitrogen and oxygen atoms in total. The highest BCUT2D eigenvalue weighted by Crippen LogP contribution is 2.29. The molecule has 1 aromatic carbocycles. The first-order chi connectivity index (χ1) is 9.10. The maximum Gasteiger partial charge on any atom is 0.144 e. The van der Waals surface area contributed by atoms with Gasteiger partial charge in [-0.15, -0.1) is 0 Å². The molecule has 1 atom stereocenters. The molecule has 0 aliphatic heterocycles. The third kappa shape index (κ3) is 4.63. The lowest BCUT2D eigenvalue weighted by atomic mass is 10.2. The van der Waals surface area contributed by atoms with Gasteiger partial charge in [0, 0.05) is 19.1 Å². The van der Waals surface area contributed by atoms with Crippen LogP contribution in [0.1, 0.15) is 27.2 Å². The summed E-state index contributed by atoms with van der Waals surface area (Å²) >= 11 is 0. The van der Waals surface area contributed by atoms with Crippen LogP contribution in [0.5, 0.6) is 5.75 Å². The summed E-state index contributed by atoms with van der Waals surface area (Å²) in [7, 11) is 2.15. The summed E-state index contributed by atoms with van der Waals surface area (Å²) in [5.41, 5.74) is 7.71. The van der Waals surface area contributed by atoms with Crippen molar-refractivity contribution in [1.82, 2.24) is 4.90 Å². The molecular formula is C15H27N3O. The number of para-hydroxylation sites is 1. The number of benzene rings is 1. The van der Waals surface area contributed by atoms with Gasteiger partial charge in [0.2, 0.25) is 0 Å². The Bertz CT molecular complexity index is 382. The average Bonchev–Trinajstić information content (AvgIpc) is 2.42. The quantitative estimate of drug-likeness (QED) is 0.710. The number of anilines is 2. The molecule has 1 rings (SSSR count). The van der Waals surface area contributed by atoms with Crippen LogP contribution >= 0.6 is 0 Å². The number of nitrogen functional groups attached to an aromatic ring is 1. The molecule has 0 aromatic heterocycles. The lowest BCUT2D eigenvalue weighted by Crippen LogP contribution is -2.32. The zero-order valence-electron chi connectivity index (χ0n) is 12.6. The highest BCUT2D eigenvalue weighted by molar-refractivity contribution is 5.72. The standard InChI is InChI=1S/C15H27N3O/c1-5-12(3)18(4)11-10-17-13-8-7-9-14(15(13)16)19-6-2/h7-9,12,17H,5-6,10-11,16H2,1-4H3. The van der Waals surface area contributed by atoms with Crippen molar-refractivity contribution in [3.63, 3.8) is 0 Å². The molecule has 0 spiro atoms. The van der Waals surface area contributed by atoms with Crippen LogP contribution in [0.3, 0.4) is 0 Å². The average molecular weight is 265 g/mol. The fourth-order valence-corrected chi connectivity index (χ4v) is 1.88. The Kier molecular flexibility index (Phi) is 6.50. The van der Waals surface area contributed by atoms with Crippen molar-refractivity contribution in [3.05, 3.63) is 18.2 Å². The van der Waals surface area contributed by atoms with E-state index < -0.39 is 0 Å². The summed E-state index contributed by atoms with van der Waals surface area (Å²) < 4.78 is 5.48. The van der Waals surface area contributed by atoms with E-state index in [9.17, 15) is 0 Å². The first kappa shape index (κ1) is 15.6. The van der Waals surface area contributed by atoms with Gasteiger partial charge in [-0.25, -0.2) is 0 Å². The lowest BCUT2D eigenvalue weighted by molar-refractivity contribution is 0.261. The Morgan fingerprint density at radius 1 is 1.37 bits per heavy atom. The van der Waals surface area contributed by atoms with E-state index in [1.807, 2.05) is 25.1 Å². The monoisotopic (exact) mass is 265 g/mol. The van der Waals surface area contributed by atoms with Crippen molar-refractivity contribution in [3.8, 4) is 5.75 Å². The number of rotatable bonds is 8. The van der Waals surface area contributed by atoms with E-state index >= 15 is 0 Å². The molecule has 0 heterocycles. The molecule has 0 saturated heterocycles. The number of likely N-dealkylation sites (N-methyl/N-ethyl adjacent to an activating group) is 1. The molecule has 3 N–H and O–H groups in total. The van der Waals surface area contributed by atoms with E-state index in [1.165, 1.54) is 6.42 Å². The van der Waals surface area contributed by atoms with Crippen molar-refractivity contribution in [2.24, 2.45) is 0 Å². The highest BCUT2D eigenvalue weighted by Gasteiger charge is 2.08. The zero-order valence-corrected chi connectivity index (χ0v) is 12.6. The normalized spacial score (nSPS) is 12.5. The minimum atomic E-state index is 0.605. The van der Waals surface area contributed by atoms with Gasteiger partial charge in [-0.1, -0.05) is 13.0 Å². The van der Waals surface area contributed by atoms with E-state index in [-0.39, 0.29) is 0 Å². The largest absolute Gasteiger partial charge is 0.492 e. The molecule has 19 heavy (non-hydrogen) atoms. The smallest absolute Gasteiger partial charge is 0.144 e. The second-order valence-corrected chi connectivity index (χ2v) is 4.82. The maximum absolute atomic E-state index is 6.07. The Balaban J connectivity index is 2.51. The van der Waals surface area contributed by atoms with Gasteiger partial charge < -0.3 is 20.7 Å². The van der Waals surface area contributed by atoms with Crippen LogP contribution in [0.25, 0.3) is 0 Å². The van der Waals surface area contributed by atoms with Crippen LogP contribution in [-0.2, 0) is 0 Å². The molecule has 0 aliphatic rings. The van der Waals surface area contributed by atoms with Gasteiger partial charge in [0.25, 0.3) is 0 Å². The third-order valence-electron chi connectivity index (χ3n) is 3.49. The molecule has 1 aromatic rings. The molecule has 4 heteroatoms. The van der Waals surface area contributed by atoms with Crippen LogP contribution in [0, 0.1) is 0 Å². The van der Waals surface area contributed by atoms with Gasteiger partial charge in [0.15, 0.2) is 0 Å². The molecule has 1 unspecified atom stereocenters. The van der Waals surface area contributed by atoms with Crippen molar-refractivity contribution in [2.75, 3.05) is 37.8 Å². The summed E-state index contributed by atoms with van der Waals surface area (Å²) in [6.45, 7) is 8.90. The van der Waals surface area contributed by atoms with E-state index in [0.29, 0.717) is 18.3 Å². The van der Waals surface area contributed by atoms with Crippen LogP contribution in [0.2, 0.25) is 0 Å². The number of nitrogens with one attached hydrogen (secondary N) is 1. The number of ether oxygens (including phenoxy) is 1. The summed E-state index contributed by atoms with van der Waals surface area (Å²) in [5, 5.41) is 3.37. The fraction of sp³-hybridized carbons (Fsp3) is 0.600. The van der Waals surface area contributed by atoms with Crippen molar-refractivity contribution >= 4 is 11.4 Å². The van der Waals surface area contributed by atoms with Gasteiger partial charge in [-0.05, 0) is 39.4 Å². The van der Waals surface area contributed by atoms with Gasteiger partial charge in [-0.3, -0.25) is 0 Å². The van der Waals surface area contributed by atoms with Crippen LogP contribution in [0.15, 0.2) is 18.2 Å². The summed E-state index contributed by atoms with van der Waals surface area (Å²) in [6.07, 6.45) is 1.17. The Hall–Kier alpha value is -1.42. The molecule has 0 radical (unpaired) electrons. The Labute approximate surface area is 116 Å². The van der Waals surface area contributed by atoms with Crippen LogP contribution < -0.4 is 15.8 Å². The molecule has 0 bridgehead atoms. The van der Waals surface area contributed by atoms with Gasteiger partial charge in [0.1, 0.15) is 5.75 Å². The summed E-state index contributed by atoms with van der Waals surface area (Å²) in [6, 6.07) is 6.45. The minimum Gasteiger partial charge on any atom is -0.492 e. The molecule has 108 valence electrons. The fourth-order valence-electron chi connectivity index (χ4n) is 1.88. The highest BCUT2D eigenvalue weighted by atomic mass is 16.5. The second kappa shape index (κ2) is 7.89. The number of hydrogen-bond acceptors (Lipinski definition) is 4. The van der Waals surface area contributed by atoms with Gasteiger partial charge >= 0.3 is 0 Å². The van der Waals surface area contributed by atoms with Crippen LogP contribution in [0.4, 0.5) is 11.4 Å². The molecule has 0 fully saturated rings. The summed E-state index contributed by atoms with van der Waals surface area (Å²) in [5.74, 6) is 0.753. The second-order valence-electron chi connectivity index (χ2n) is 4.82. The van der Waals surface area contributed by atoms with Gasteiger partial charge in [-0.2, -0.15) is 0 Å². The molecular weight excluding hydrogens is 238 g/mol. The van der Waals surface area contributed by atoms with E-state index in [4.69, 9.17) is 10.5 Å². The van der Waals surface area contributed by atoms with Crippen LogP contribution in [-0.4, -0.2) is 37.7 Å². The number of hydrogen-bond donors (Lipinski definition) is 2. The maximum atomic E-state index is 6.07. The zero-order chi connectivity index (χ0) is 14.3. The van der Waals surface area contributed by atoms with E-state index in [2.05, 4.69) is 31.1 Å². The molecule has 0 amide bonds. The topological polar surface area (TPSA) is 50.5 Å². The lowest BCUT2D eigenvalue weighted by Gasteiger charge is -2.24. The third-order valence-corrected chi connectivity index (χ3v) is 3.49.